The van der Waals surface area contributed by atoms with Gasteiger partial charge in [-0.1, -0.05) is 12.8 Å². The maximum Gasteiger partial charge on any atom is 0.154 e. The molecule has 1 fully saturated rings. The van der Waals surface area contributed by atoms with Crippen molar-refractivity contribution in [3.8, 4) is 0 Å². The van der Waals surface area contributed by atoms with Gasteiger partial charge in [0.2, 0.25) is 0 Å². The molecule has 0 aromatic carbocycles. The molecule has 0 spiro atoms. The van der Waals surface area contributed by atoms with Crippen molar-refractivity contribution < 1.29 is 0 Å². The van der Waals surface area contributed by atoms with Crippen molar-refractivity contribution in [1.29, 1.82) is 0 Å². The van der Waals surface area contributed by atoms with E-state index in [2.05, 4.69) is 27.2 Å². The number of pyridine rings is 1. The number of likely N-dealkylation sites (N-methyl/N-ethyl adjacent to an activating group) is 1. The van der Waals surface area contributed by atoms with Crippen LogP contribution in [0.4, 0.5) is 5.82 Å². The molecule has 5 heteroatoms. The number of nitrogens with zero attached hydrogens (tertiary/aromatic N) is 4. The first-order valence-corrected chi connectivity index (χ1v) is 7.46. The van der Waals surface area contributed by atoms with Crippen LogP contribution in [0.2, 0.25) is 0 Å². The van der Waals surface area contributed by atoms with Gasteiger partial charge < -0.3 is 14.8 Å². The van der Waals surface area contributed by atoms with Crippen LogP contribution in [0.25, 0.3) is 11.0 Å². The Hall–Kier alpha value is -1.62. The molecule has 2 aromatic rings. The SMILES string of the molecule is CN(CCNc1nccc2c1ncn2C)C1CCCC1. The molecule has 0 unspecified atom stereocenters. The van der Waals surface area contributed by atoms with Gasteiger partial charge in [-0.3, -0.25) is 0 Å². The van der Waals surface area contributed by atoms with Gasteiger partial charge in [0.05, 0.1) is 11.8 Å². The van der Waals surface area contributed by atoms with Crippen molar-refractivity contribution in [3.63, 3.8) is 0 Å². The minimum atomic E-state index is 0.774. The van der Waals surface area contributed by atoms with Crippen molar-refractivity contribution in [3.05, 3.63) is 18.6 Å². The summed E-state index contributed by atoms with van der Waals surface area (Å²) in [6.07, 6.45) is 9.15. The van der Waals surface area contributed by atoms with Crippen LogP contribution in [-0.4, -0.2) is 45.6 Å². The van der Waals surface area contributed by atoms with Gasteiger partial charge in [0, 0.05) is 32.4 Å². The molecule has 3 rings (SSSR count). The fourth-order valence-electron chi connectivity index (χ4n) is 3.07. The molecule has 0 aliphatic heterocycles. The molecular weight excluding hydrogens is 250 g/mol. The minimum absolute atomic E-state index is 0.774. The van der Waals surface area contributed by atoms with E-state index in [1.165, 1.54) is 25.7 Å². The van der Waals surface area contributed by atoms with Gasteiger partial charge in [0.25, 0.3) is 0 Å². The summed E-state index contributed by atoms with van der Waals surface area (Å²) in [7, 11) is 4.24. The van der Waals surface area contributed by atoms with Crippen LogP contribution in [0.15, 0.2) is 18.6 Å². The molecule has 2 heterocycles. The van der Waals surface area contributed by atoms with Gasteiger partial charge in [-0.25, -0.2) is 9.97 Å². The van der Waals surface area contributed by atoms with E-state index in [1.807, 2.05) is 30.2 Å². The summed E-state index contributed by atoms with van der Waals surface area (Å²) in [6, 6.07) is 2.77. The highest BCUT2D eigenvalue weighted by atomic mass is 15.2. The van der Waals surface area contributed by atoms with E-state index in [0.29, 0.717) is 0 Å². The van der Waals surface area contributed by atoms with Gasteiger partial charge in [0.1, 0.15) is 5.52 Å². The summed E-state index contributed by atoms with van der Waals surface area (Å²) in [5.41, 5.74) is 2.07. The van der Waals surface area contributed by atoms with Crippen molar-refractivity contribution in [2.75, 3.05) is 25.5 Å². The Bertz CT molecular complexity index is 571. The minimum Gasteiger partial charge on any atom is -0.367 e. The van der Waals surface area contributed by atoms with Crippen molar-refractivity contribution in [2.45, 2.75) is 31.7 Å². The standard InChI is InChI=1S/C15H23N5/c1-19(12-5-3-4-6-12)10-9-17-15-14-13(7-8-16-15)20(2)11-18-14/h7-8,11-12H,3-6,9-10H2,1-2H3,(H,16,17). The Labute approximate surface area is 120 Å². The molecule has 0 amide bonds. The number of fused-ring (bicyclic) bond motifs is 1. The van der Waals surface area contributed by atoms with Crippen LogP contribution in [0.5, 0.6) is 0 Å². The fraction of sp³-hybridized carbons (Fsp3) is 0.600. The van der Waals surface area contributed by atoms with Crippen molar-refractivity contribution >= 4 is 16.9 Å². The molecular formula is C15H23N5. The second-order valence-corrected chi connectivity index (χ2v) is 5.73. The summed E-state index contributed by atoms with van der Waals surface area (Å²) in [4.78, 5) is 11.3. The number of hydrogen-bond donors (Lipinski definition) is 1. The van der Waals surface area contributed by atoms with Crippen molar-refractivity contribution in [2.24, 2.45) is 7.05 Å². The molecule has 2 aromatic heterocycles. The highest BCUT2D eigenvalue weighted by Gasteiger charge is 2.18. The molecule has 0 radical (unpaired) electrons. The molecule has 0 atom stereocenters. The highest BCUT2D eigenvalue weighted by molar-refractivity contribution is 5.85. The van der Waals surface area contributed by atoms with E-state index in [9.17, 15) is 0 Å². The third-order valence-electron chi connectivity index (χ3n) is 4.35. The van der Waals surface area contributed by atoms with Gasteiger partial charge in [0.15, 0.2) is 5.82 Å². The molecule has 1 N–H and O–H groups in total. The van der Waals surface area contributed by atoms with Gasteiger partial charge in [-0.2, -0.15) is 0 Å². The van der Waals surface area contributed by atoms with Crippen LogP contribution in [0, 0.1) is 0 Å². The Morgan fingerprint density at radius 2 is 2.15 bits per heavy atom. The molecule has 1 aliphatic carbocycles. The predicted octanol–water partition coefficient (Wildman–Crippen LogP) is 2.25. The normalized spacial score (nSPS) is 16.4. The van der Waals surface area contributed by atoms with Gasteiger partial charge in [-0.15, -0.1) is 0 Å². The fourth-order valence-corrected chi connectivity index (χ4v) is 3.07. The molecule has 5 nitrogen and oxygen atoms in total. The highest BCUT2D eigenvalue weighted by Crippen LogP contribution is 2.22. The average Bonchev–Trinajstić information content (AvgIpc) is 3.10. The van der Waals surface area contributed by atoms with E-state index in [1.54, 1.807) is 0 Å². The quantitative estimate of drug-likeness (QED) is 0.907. The first-order valence-electron chi connectivity index (χ1n) is 7.46. The number of aromatic nitrogens is 3. The summed E-state index contributed by atoms with van der Waals surface area (Å²) in [5.74, 6) is 0.892. The first kappa shape index (κ1) is 13.4. The zero-order chi connectivity index (χ0) is 13.9. The van der Waals surface area contributed by atoms with E-state index in [-0.39, 0.29) is 0 Å². The third-order valence-corrected chi connectivity index (χ3v) is 4.35. The van der Waals surface area contributed by atoms with Gasteiger partial charge in [-0.05, 0) is 26.0 Å². The third kappa shape index (κ3) is 2.63. The van der Waals surface area contributed by atoms with Crippen LogP contribution >= 0.6 is 0 Å². The number of anilines is 1. The Morgan fingerprint density at radius 1 is 1.35 bits per heavy atom. The summed E-state index contributed by atoms with van der Waals surface area (Å²) >= 11 is 0. The zero-order valence-electron chi connectivity index (χ0n) is 12.3. The number of nitrogens with one attached hydrogen (secondary N) is 1. The molecule has 0 saturated heterocycles. The molecule has 0 bridgehead atoms. The monoisotopic (exact) mass is 273 g/mol. The maximum absolute atomic E-state index is 4.42. The lowest BCUT2D eigenvalue weighted by molar-refractivity contribution is 0.254. The smallest absolute Gasteiger partial charge is 0.154 e. The number of imidazole rings is 1. The van der Waals surface area contributed by atoms with E-state index in [4.69, 9.17) is 0 Å². The summed E-state index contributed by atoms with van der Waals surface area (Å²) < 4.78 is 2.02. The van der Waals surface area contributed by atoms with Gasteiger partial charge >= 0.3 is 0 Å². The largest absolute Gasteiger partial charge is 0.367 e. The lowest BCUT2D eigenvalue weighted by Crippen LogP contribution is -2.33. The Morgan fingerprint density at radius 3 is 2.95 bits per heavy atom. The topological polar surface area (TPSA) is 46.0 Å². The molecule has 1 aliphatic rings. The number of hydrogen-bond acceptors (Lipinski definition) is 4. The lowest BCUT2D eigenvalue weighted by Gasteiger charge is -2.24. The second kappa shape index (κ2) is 5.79. The van der Waals surface area contributed by atoms with Crippen LogP contribution in [-0.2, 0) is 7.05 Å². The number of rotatable bonds is 5. The predicted molar refractivity (Wildman–Crippen MR) is 81.9 cm³/mol. The molecule has 20 heavy (non-hydrogen) atoms. The van der Waals surface area contributed by atoms with Crippen molar-refractivity contribution in [1.82, 2.24) is 19.4 Å². The summed E-state index contributed by atoms with van der Waals surface area (Å²) in [6.45, 7) is 1.96. The Balaban J connectivity index is 1.59. The van der Waals surface area contributed by atoms with E-state index >= 15 is 0 Å². The number of aryl methyl sites for hydroxylation is 1. The lowest BCUT2D eigenvalue weighted by atomic mass is 10.2. The second-order valence-electron chi connectivity index (χ2n) is 5.73. The first-order chi connectivity index (χ1) is 9.75. The summed E-state index contributed by atoms with van der Waals surface area (Å²) in [5, 5.41) is 3.43. The molecule has 1 saturated carbocycles. The van der Waals surface area contributed by atoms with E-state index < -0.39 is 0 Å². The van der Waals surface area contributed by atoms with Crippen LogP contribution in [0.3, 0.4) is 0 Å². The maximum atomic E-state index is 4.42. The van der Waals surface area contributed by atoms with E-state index in [0.717, 1.165) is 36.0 Å². The average molecular weight is 273 g/mol. The van der Waals surface area contributed by atoms with Crippen LogP contribution in [0.1, 0.15) is 25.7 Å². The zero-order valence-corrected chi connectivity index (χ0v) is 12.3. The Kier molecular flexibility index (Phi) is 3.87. The molecule has 108 valence electrons. The van der Waals surface area contributed by atoms with Crippen LogP contribution < -0.4 is 5.32 Å².